The number of nitrogens with one attached hydrogen (secondary N) is 1. The molecule has 0 aromatic heterocycles. The largest absolute Gasteiger partial charge is 0.493 e. The van der Waals surface area contributed by atoms with Gasteiger partial charge in [-0.15, -0.1) is 0 Å². The first-order chi connectivity index (χ1) is 15.8. The third kappa shape index (κ3) is 5.63. The maximum Gasteiger partial charge on any atom is 0.255 e. The number of hydrogen-bond acceptors (Lipinski definition) is 6. The topological polar surface area (TPSA) is 105 Å². The average Bonchev–Trinajstić information content (AvgIpc) is 2.83. The standard InChI is InChI=1S/C23H29N3O6S/c1-25(33(29,30)17-11-12-20(31-2)21(15-17)32-3)16-22(27)24-19-10-6-5-9-18(19)23(28)26-13-7-4-8-14-26/h5-6,9-12,15H,4,7-8,13-14,16H2,1-3H3,(H,24,27). The summed E-state index contributed by atoms with van der Waals surface area (Å²) in [4.78, 5) is 27.4. The molecule has 33 heavy (non-hydrogen) atoms. The van der Waals surface area contributed by atoms with Gasteiger partial charge in [0.25, 0.3) is 5.91 Å². The highest BCUT2D eigenvalue weighted by Crippen LogP contribution is 2.30. The van der Waals surface area contributed by atoms with E-state index in [0.29, 0.717) is 30.1 Å². The van der Waals surface area contributed by atoms with E-state index in [1.807, 2.05) is 0 Å². The van der Waals surface area contributed by atoms with E-state index in [2.05, 4.69) is 5.32 Å². The van der Waals surface area contributed by atoms with E-state index in [-0.39, 0.29) is 16.6 Å². The van der Waals surface area contributed by atoms with Crippen LogP contribution in [0.3, 0.4) is 0 Å². The molecule has 1 aliphatic heterocycles. The molecular weight excluding hydrogens is 446 g/mol. The van der Waals surface area contributed by atoms with E-state index in [1.54, 1.807) is 29.2 Å². The first-order valence-electron chi connectivity index (χ1n) is 10.6. The predicted molar refractivity (Wildman–Crippen MR) is 124 cm³/mol. The van der Waals surface area contributed by atoms with Crippen LogP contribution in [0.4, 0.5) is 5.69 Å². The molecule has 0 atom stereocenters. The molecule has 2 aromatic carbocycles. The molecule has 0 spiro atoms. The summed E-state index contributed by atoms with van der Waals surface area (Å²) in [6.45, 7) is 0.948. The van der Waals surface area contributed by atoms with E-state index in [4.69, 9.17) is 9.47 Å². The van der Waals surface area contributed by atoms with Gasteiger partial charge in [-0.3, -0.25) is 9.59 Å². The number of nitrogens with zero attached hydrogens (tertiary/aromatic N) is 2. The van der Waals surface area contributed by atoms with Crippen molar-refractivity contribution >= 4 is 27.5 Å². The molecule has 1 heterocycles. The van der Waals surface area contributed by atoms with E-state index in [1.165, 1.54) is 39.5 Å². The minimum atomic E-state index is -3.97. The number of rotatable bonds is 8. The Balaban J connectivity index is 1.73. The van der Waals surface area contributed by atoms with Crippen LogP contribution in [0.1, 0.15) is 29.6 Å². The lowest BCUT2D eigenvalue weighted by molar-refractivity contribution is -0.116. The van der Waals surface area contributed by atoms with E-state index >= 15 is 0 Å². The number of carbonyl (C=O) groups excluding carboxylic acids is 2. The van der Waals surface area contributed by atoms with Crippen molar-refractivity contribution in [3.63, 3.8) is 0 Å². The van der Waals surface area contributed by atoms with Gasteiger partial charge in [0, 0.05) is 26.2 Å². The van der Waals surface area contributed by atoms with E-state index < -0.39 is 22.5 Å². The van der Waals surface area contributed by atoms with Gasteiger partial charge in [-0.05, 0) is 43.5 Å². The zero-order valence-corrected chi connectivity index (χ0v) is 19.9. The lowest BCUT2D eigenvalue weighted by atomic mass is 10.1. The Kier molecular flexibility index (Phi) is 7.93. The number of ether oxygens (including phenoxy) is 2. The number of methoxy groups -OCH3 is 2. The molecule has 178 valence electrons. The molecule has 2 aromatic rings. The smallest absolute Gasteiger partial charge is 0.255 e. The second kappa shape index (κ2) is 10.7. The Labute approximate surface area is 194 Å². The Morgan fingerprint density at radius 3 is 2.33 bits per heavy atom. The molecular formula is C23H29N3O6S. The fourth-order valence-corrected chi connectivity index (χ4v) is 4.82. The van der Waals surface area contributed by atoms with Crippen LogP contribution in [-0.4, -0.2) is 70.3 Å². The maximum atomic E-state index is 13.0. The number of amides is 2. The highest BCUT2D eigenvalue weighted by molar-refractivity contribution is 7.89. The summed E-state index contributed by atoms with van der Waals surface area (Å²) in [6.07, 6.45) is 3.02. The number of benzene rings is 2. The fourth-order valence-electron chi connectivity index (χ4n) is 3.68. The molecule has 2 amide bonds. The van der Waals surface area contributed by atoms with E-state index in [0.717, 1.165) is 23.6 Å². The second-order valence-electron chi connectivity index (χ2n) is 7.72. The van der Waals surface area contributed by atoms with Crippen molar-refractivity contribution in [2.24, 2.45) is 0 Å². The van der Waals surface area contributed by atoms with Gasteiger partial charge >= 0.3 is 0 Å². The van der Waals surface area contributed by atoms with Crippen molar-refractivity contribution in [1.29, 1.82) is 0 Å². The molecule has 0 radical (unpaired) electrons. The van der Waals surface area contributed by atoms with Gasteiger partial charge in [-0.1, -0.05) is 12.1 Å². The Morgan fingerprint density at radius 1 is 1.00 bits per heavy atom. The van der Waals surface area contributed by atoms with E-state index in [9.17, 15) is 18.0 Å². The molecule has 1 aliphatic rings. The van der Waals surface area contributed by atoms with Gasteiger partial charge in [-0.25, -0.2) is 8.42 Å². The average molecular weight is 476 g/mol. The van der Waals surface area contributed by atoms with Gasteiger partial charge in [-0.2, -0.15) is 4.31 Å². The molecule has 1 saturated heterocycles. The Bertz CT molecular complexity index is 1110. The van der Waals surface area contributed by atoms with Gasteiger partial charge in [0.15, 0.2) is 11.5 Å². The van der Waals surface area contributed by atoms with Crippen LogP contribution in [0.5, 0.6) is 11.5 Å². The predicted octanol–water partition coefficient (Wildman–Crippen LogP) is 2.59. The minimum Gasteiger partial charge on any atom is -0.493 e. The fraction of sp³-hybridized carbons (Fsp3) is 0.391. The molecule has 3 rings (SSSR count). The number of piperidine rings is 1. The first-order valence-corrected chi connectivity index (χ1v) is 12.1. The highest BCUT2D eigenvalue weighted by Gasteiger charge is 2.26. The molecule has 1 fully saturated rings. The SMILES string of the molecule is COc1ccc(S(=O)(=O)N(C)CC(=O)Nc2ccccc2C(=O)N2CCCCC2)cc1OC. The van der Waals surface area contributed by atoms with Crippen molar-refractivity contribution in [2.75, 3.05) is 46.2 Å². The summed E-state index contributed by atoms with van der Waals surface area (Å²) in [5, 5.41) is 2.69. The summed E-state index contributed by atoms with van der Waals surface area (Å²) in [5.41, 5.74) is 0.744. The molecule has 0 unspecified atom stereocenters. The summed E-state index contributed by atoms with van der Waals surface area (Å²) in [5.74, 6) is -0.0363. The van der Waals surface area contributed by atoms with Crippen LogP contribution in [0.2, 0.25) is 0 Å². The highest BCUT2D eigenvalue weighted by atomic mass is 32.2. The van der Waals surface area contributed by atoms with Crippen molar-refractivity contribution in [1.82, 2.24) is 9.21 Å². The van der Waals surface area contributed by atoms with Crippen molar-refractivity contribution in [2.45, 2.75) is 24.2 Å². The molecule has 0 saturated carbocycles. The number of sulfonamides is 1. The molecule has 9 nitrogen and oxygen atoms in total. The quantitative estimate of drug-likeness (QED) is 0.629. The Morgan fingerprint density at radius 2 is 1.67 bits per heavy atom. The molecule has 0 bridgehead atoms. The maximum absolute atomic E-state index is 13.0. The van der Waals surface area contributed by atoms with Crippen LogP contribution in [-0.2, 0) is 14.8 Å². The van der Waals surface area contributed by atoms with Crippen LogP contribution < -0.4 is 14.8 Å². The number of likely N-dealkylation sites (tertiary alicyclic amines) is 1. The zero-order chi connectivity index (χ0) is 24.0. The number of hydrogen-bond donors (Lipinski definition) is 1. The summed E-state index contributed by atoms with van der Waals surface area (Å²) < 4.78 is 37.2. The van der Waals surface area contributed by atoms with Gasteiger partial charge < -0.3 is 19.7 Å². The summed E-state index contributed by atoms with van der Waals surface area (Å²) >= 11 is 0. The van der Waals surface area contributed by atoms with Crippen LogP contribution >= 0.6 is 0 Å². The first kappa shape index (κ1) is 24.5. The number of likely N-dealkylation sites (N-methyl/N-ethyl adjacent to an activating group) is 1. The molecule has 0 aliphatic carbocycles. The van der Waals surface area contributed by atoms with Crippen molar-refractivity contribution in [3.05, 3.63) is 48.0 Å². The van der Waals surface area contributed by atoms with Gasteiger partial charge in [0.05, 0.1) is 36.9 Å². The molecule has 10 heteroatoms. The van der Waals surface area contributed by atoms with Crippen LogP contribution in [0.15, 0.2) is 47.4 Å². The second-order valence-corrected chi connectivity index (χ2v) is 9.77. The van der Waals surface area contributed by atoms with Crippen molar-refractivity contribution in [3.8, 4) is 11.5 Å². The third-order valence-corrected chi connectivity index (χ3v) is 7.30. The van der Waals surface area contributed by atoms with Crippen molar-refractivity contribution < 1.29 is 27.5 Å². The normalized spacial score (nSPS) is 14.1. The third-order valence-electron chi connectivity index (χ3n) is 5.50. The minimum absolute atomic E-state index is 0.0314. The zero-order valence-electron chi connectivity index (χ0n) is 19.0. The Hall–Kier alpha value is -3.11. The molecule has 1 N–H and O–H groups in total. The number of carbonyl (C=O) groups is 2. The lowest BCUT2D eigenvalue weighted by Crippen LogP contribution is -2.37. The van der Waals surface area contributed by atoms with Gasteiger partial charge in [0.1, 0.15) is 0 Å². The van der Waals surface area contributed by atoms with Crippen LogP contribution in [0, 0.1) is 0 Å². The summed E-state index contributed by atoms with van der Waals surface area (Å²) in [6, 6.07) is 11.0. The summed E-state index contributed by atoms with van der Waals surface area (Å²) in [7, 11) is 0.216. The van der Waals surface area contributed by atoms with Gasteiger partial charge in [0.2, 0.25) is 15.9 Å². The number of para-hydroxylation sites is 1. The lowest BCUT2D eigenvalue weighted by Gasteiger charge is -2.27. The monoisotopic (exact) mass is 475 g/mol. The number of anilines is 1. The van der Waals surface area contributed by atoms with Crippen LogP contribution in [0.25, 0.3) is 0 Å².